The first-order valence-electron chi connectivity index (χ1n) is 3.03. The average molecular weight is 118 g/mol. The van der Waals surface area contributed by atoms with Crippen LogP contribution in [0.25, 0.3) is 0 Å². The fraction of sp³-hybridized carbons (Fsp3) is 0.222. The maximum Gasteiger partial charge on any atom is -0.000912 e. The van der Waals surface area contributed by atoms with Gasteiger partial charge in [-0.3, -0.25) is 0 Å². The van der Waals surface area contributed by atoms with Gasteiger partial charge in [0.15, 0.2) is 0 Å². The highest BCUT2D eigenvalue weighted by Gasteiger charge is 1.89. The van der Waals surface area contributed by atoms with Crippen LogP contribution in [0.15, 0.2) is 18.2 Å². The lowest BCUT2D eigenvalue weighted by atomic mass is 10.1. The molecule has 0 unspecified atom stereocenters. The summed E-state index contributed by atoms with van der Waals surface area (Å²) in [5.41, 5.74) is 3.26. The van der Waals surface area contributed by atoms with Crippen molar-refractivity contribution < 1.29 is 0 Å². The van der Waals surface area contributed by atoms with Crippen LogP contribution in [0, 0.1) is 20.8 Å². The molecule has 2 radical (unpaired) electrons. The first-order chi connectivity index (χ1) is 4.20. The molecule has 0 atom stereocenters. The van der Waals surface area contributed by atoms with Gasteiger partial charge in [0.05, 0.1) is 0 Å². The van der Waals surface area contributed by atoms with E-state index >= 15 is 0 Å². The molecule has 0 saturated heterocycles. The maximum absolute atomic E-state index is 5.62. The van der Waals surface area contributed by atoms with Crippen LogP contribution in [-0.2, 0) is 0 Å². The first-order valence-corrected chi connectivity index (χ1v) is 3.03. The van der Waals surface area contributed by atoms with E-state index in [0.29, 0.717) is 0 Å². The van der Waals surface area contributed by atoms with Gasteiger partial charge in [0.1, 0.15) is 0 Å². The van der Waals surface area contributed by atoms with Gasteiger partial charge in [-0.15, -0.1) is 0 Å². The molecular formula is C9H10. The van der Waals surface area contributed by atoms with Crippen molar-refractivity contribution in [1.82, 2.24) is 0 Å². The van der Waals surface area contributed by atoms with Crippen LogP contribution < -0.4 is 0 Å². The smallest absolute Gasteiger partial charge is 0.000912 e. The second-order valence-electron chi connectivity index (χ2n) is 2.36. The largest absolute Gasteiger partial charge is 0.0590 e. The van der Waals surface area contributed by atoms with Crippen molar-refractivity contribution >= 4 is 0 Å². The van der Waals surface area contributed by atoms with Gasteiger partial charge in [-0.05, 0) is 31.9 Å². The molecule has 0 bridgehead atoms. The molecule has 46 valence electrons. The number of aryl methyl sites for hydroxylation is 2. The summed E-state index contributed by atoms with van der Waals surface area (Å²) in [5.74, 6) is 0. The van der Waals surface area contributed by atoms with Gasteiger partial charge in [0, 0.05) is 0 Å². The lowest BCUT2D eigenvalue weighted by Gasteiger charge is -1.98. The van der Waals surface area contributed by atoms with Crippen LogP contribution in [-0.4, -0.2) is 0 Å². The van der Waals surface area contributed by atoms with E-state index in [1.807, 2.05) is 26.0 Å². The number of hydrogen-bond donors (Lipinski definition) is 0. The van der Waals surface area contributed by atoms with Crippen molar-refractivity contribution in [2.24, 2.45) is 0 Å². The molecule has 1 aromatic carbocycles. The Labute approximate surface area is 56.5 Å². The number of benzene rings is 1. The van der Waals surface area contributed by atoms with E-state index in [9.17, 15) is 0 Å². The second-order valence-corrected chi connectivity index (χ2v) is 2.36. The van der Waals surface area contributed by atoms with Crippen molar-refractivity contribution in [2.75, 3.05) is 0 Å². The van der Waals surface area contributed by atoms with Crippen molar-refractivity contribution in [3.05, 3.63) is 41.8 Å². The Morgan fingerprint density at radius 2 is 1.89 bits per heavy atom. The minimum Gasteiger partial charge on any atom is -0.0590 e. The predicted octanol–water partition coefficient (Wildman–Crippen LogP) is 2.36. The molecule has 0 heterocycles. The zero-order valence-electron chi connectivity index (χ0n) is 5.81. The lowest BCUT2D eigenvalue weighted by molar-refractivity contribution is 1.36. The van der Waals surface area contributed by atoms with Crippen LogP contribution in [0.4, 0.5) is 0 Å². The van der Waals surface area contributed by atoms with Gasteiger partial charge in [-0.2, -0.15) is 0 Å². The highest BCUT2D eigenvalue weighted by atomic mass is 13.9. The second kappa shape index (κ2) is 2.22. The summed E-state index contributed by atoms with van der Waals surface area (Å²) < 4.78 is 0. The Hall–Kier alpha value is -0.780. The molecule has 0 aliphatic carbocycles. The summed E-state index contributed by atoms with van der Waals surface area (Å²) in [5, 5.41) is 0. The molecule has 0 fully saturated rings. The van der Waals surface area contributed by atoms with E-state index in [1.54, 1.807) is 0 Å². The fourth-order valence-electron chi connectivity index (χ4n) is 0.760. The van der Waals surface area contributed by atoms with Crippen LogP contribution in [0.3, 0.4) is 0 Å². The van der Waals surface area contributed by atoms with Gasteiger partial charge in [-0.1, -0.05) is 23.8 Å². The van der Waals surface area contributed by atoms with Gasteiger partial charge in [0.2, 0.25) is 0 Å². The Kier molecular flexibility index (Phi) is 1.56. The van der Waals surface area contributed by atoms with Crippen molar-refractivity contribution in [1.29, 1.82) is 0 Å². The van der Waals surface area contributed by atoms with E-state index in [4.69, 9.17) is 6.92 Å². The van der Waals surface area contributed by atoms with E-state index in [-0.39, 0.29) is 0 Å². The molecule has 0 nitrogen and oxygen atoms in total. The van der Waals surface area contributed by atoms with Gasteiger partial charge in [0.25, 0.3) is 0 Å². The molecule has 0 spiro atoms. The maximum atomic E-state index is 5.62. The summed E-state index contributed by atoms with van der Waals surface area (Å²) in [6.07, 6.45) is 0. The minimum atomic E-state index is 0.884. The van der Waals surface area contributed by atoms with Gasteiger partial charge >= 0.3 is 0 Å². The number of rotatable bonds is 0. The topological polar surface area (TPSA) is 0 Å². The summed E-state index contributed by atoms with van der Waals surface area (Å²) >= 11 is 0. The zero-order valence-corrected chi connectivity index (χ0v) is 5.81. The molecule has 0 heteroatoms. The van der Waals surface area contributed by atoms with E-state index in [0.717, 1.165) is 11.1 Å². The molecule has 1 rings (SSSR count). The Balaban J connectivity index is 3.17. The third-order valence-corrected chi connectivity index (χ3v) is 1.43. The Bertz CT molecular complexity index is 211. The van der Waals surface area contributed by atoms with Crippen molar-refractivity contribution in [2.45, 2.75) is 13.8 Å². The molecule has 1 aromatic rings. The normalized spacial score (nSPS) is 9.67. The van der Waals surface area contributed by atoms with Crippen LogP contribution in [0.5, 0.6) is 0 Å². The molecule has 0 amide bonds. The van der Waals surface area contributed by atoms with E-state index in [2.05, 4.69) is 6.07 Å². The van der Waals surface area contributed by atoms with Gasteiger partial charge in [-0.25, -0.2) is 0 Å². The van der Waals surface area contributed by atoms with Crippen LogP contribution in [0.1, 0.15) is 16.7 Å². The molecule has 0 aromatic heterocycles. The minimum absolute atomic E-state index is 0.884. The summed E-state index contributed by atoms with van der Waals surface area (Å²) in [6.45, 7) is 9.67. The lowest BCUT2D eigenvalue weighted by Crippen LogP contribution is -1.79. The third-order valence-electron chi connectivity index (χ3n) is 1.43. The molecule has 0 saturated carbocycles. The van der Waals surface area contributed by atoms with E-state index in [1.165, 1.54) is 5.56 Å². The first kappa shape index (κ1) is 6.34. The molecule has 0 aliphatic rings. The average Bonchev–Trinajstić information content (AvgIpc) is 1.80. The number of hydrogen-bond acceptors (Lipinski definition) is 0. The monoisotopic (exact) mass is 118 g/mol. The molecule has 9 heavy (non-hydrogen) atoms. The molecule has 0 N–H and O–H groups in total. The van der Waals surface area contributed by atoms with Crippen LogP contribution >= 0.6 is 0 Å². The molecule has 0 aliphatic heterocycles. The SMILES string of the molecule is [CH]c1cc(C)ccc1C. The van der Waals surface area contributed by atoms with E-state index < -0.39 is 0 Å². The van der Waals surface area contributed by atoms with Gasteiger partial charge < -0.3 is 0 Å². The Morgan fingerprint density at radius 1 is 1.22 bits per heavy atom. The highest BCUT2D eigenvalue weighted by Crippen LogP contribution is 2.07. The highest BCUT2D eigenvalue weighted by molar-refractivity contribution is 5.32. The standard InChI is InChI=1S/C9H10/c1-7-4-5-8(2)9(3)6-7/h3-6H,1-2H3. The quantitative estimate of drug-likeness (QED) is 0.490. The third kappa shape index (κ3) is 1.32. The van der Waals surface area contributed by atoms with Crippen molar-refractivity contribution in [3.8, 4) is 0 Å². The summed E-state index contributed by atoms with van der Waals surface area (Å²) in [4.78, 5) is 0. The van der Waals surface area contributed by atoms with Crippen molar-refractivity contribution in [3.63, 3.8) is 0 Å². The summed E-state index contributed by atoms with van der Waals surface area (Å²) in [6, 6.07) is 6.08. The predicted molar refractivity (Wildman–Crippen MR) is 39.3 cm³/mol. The Morgan fingerprint density at radius 3 is 2.33 bits per heavy atom. The molecular weight excluding hydrogens is 108 g/mol. The fourth-order valence-corrected chi connectivity index (χ4v) is 0.760. The zero-order chi connectivity index (χ0) is 6.85. The summed E-state index contributed by atoms with van der Waals surface area (Å²) in [7, 11) is 0. The van der Waals surface area contributed by atoms with Crippen LogP contribution in [0.2, 0.25) is 0 Å².